The number of allylic oxidation sites excluding steroid dienone is 2. The fourth-order valence-corrected chi connectivity index (χ4v) is 7.39. The van der Waals surface area contributed by atoms with Crippen molar-refractivity contribution in [2.24, 2.45) is 0 Å². The minimum atomic E-state index is 0.964. The summed E-state index contributed by atoms with van der Waals surface area (Å²) in [5.41, 5.74) is 23.5. The largest absolute Gasteiger partial charge is 0.493 e. The number of hydrogen-bond donors (Lipinski definition) is 0. The number of nitrogens with zero attached hydrogens (tertiary/aromatic N) is 2. The van der Waals surface area contributed by atoms with Crippen LogP contribution in [0.3, 0.4) is 0 Å². The standard InChI is InChI=1S/C46H72N2/c1-6-11-16-18-20-24-28-39-31-38(26-22-13-8-3)33-43(34-39)45-37-42(30-15-10-5)46(48(45)47)44-35-40(27-23-14-9-4)32-41(36-44)29-25-21-19-17-12-7-2/h31-37H,6-30H2,1-5H3. The van der Waals surface area contributed by atoms with E-state index in [4.69, 9.17) is 0 Å². The lowest BCUT2D eigenvalue weighted by atomic mass is 9.94. The molecule has 0 radical (unpaired) electrons. The summed E-state index contributed by atoms with van der Waals surface area (Å²) in [4.78, 5) is 0. The maximum atomic E-state index is 12.1. The number of unbranched alkanes of at least 4 members (excludes halogenated alkanes) is 15. The summed E-state index contributed by atoms with van der Waals surface area (Å²) in [6.07, 6.45) is 33.5. The Morgan fingerprint density at radius 2 is 0.750 bits per heavy atom. The third-order valence-electron chi connectivity index (χ3n) is 10.3. The quantitative estimate of drug-likeness (QED) is 0.0678. The maximum absolute atomic E-state index is 12.1. The van der Waals surface area contributed by atoms with E-state index in [9.17, 15) is 5.53 Å². The van der Waals surface area contributed by atoms with Crippen molar-refractivity contribution in [3.8, 4) is 0 Å². The van der Waals surface area contributed by atoms with Crippen molar-refractivity contribution >= 4 is 11.4 Å². The molecular formula is C46H72N2. The molecule has 0 fully saturated rings. The van der Waals surface area contributed by atoms with Crippen LogP contribution in [0.1, 0.15) is 203 Å². The van der Waals surface area contributed by atoms with Crippen LogP contribution in [0.25, 0.3) is 16.9 Å². The predicted molar refractivity (Wildman–Crippen MR) is 212 cm³/mol. The number of benzene rings is 2. The highest BCUT2D eigenvalue weighted by molar-refractivity contribution is 5.79. The van der Waals surface area contributed by atoms with E-state index in [1.165, 1.54) is 155 Å². The molecule has 1 aliphatic heterocycles. The summed E-state index contributed by atoms with van der Waals surface area (Å²) in [6, 6.07) is 14.5. The molecule has 2 aromatic rings. The first-order chi connectivity index (χ1) is 23.5. The molecule has 0 aromatic heterocycles. The van der Waals surface area contributed by atoms with E-state index in [2.05, 4.69) is 77.1 Å². The SMILES string of the molecule is CCCCCCCCc1cc(CCCCC)cc(C2=CC(CCCC)=C(c3cc(CCCCC)cc(CCCCCCCC)c3)[N+]2=[N-])c1. The van der Waals surface area contributed by atoms with Crippen LogP contribution >= 0.6 is 0 Å². The highest BCUT2D eigenvalue weighted by Gasteiger charge is 2.29. The molecular weight excluding hydrogens is 581 g/mol. The third kappa shape index (κ3) is 13.8. The smallest absolute Gasteiger partial charge is 0.210 e. The summed E-state index contributed by atoms with van der Waals surface area (Å²) >= 11 is 0. The molecule has 266 valence electrons. The van der Waals surface area contributed by atoms with Crippen LogP contribution in [-0.2, 0) is 25.7 Å². The van der Waals surface area contributed by atoms with E-state index in [1.807, 2.05) is 0 Å². The molecule has 0 unspecified atom stereocenters. The van der Waals surface area contributed by atoms with Crippen molar-refractivity contribution in [3.05, 3.63) is 87.0 Å². The minimum Gasteiger partial charge on any atom is -0.493 e. The fraction of sp³-hybridized carbons (Fsp3) is 0.652. The van der Waals surface area contributed by atoms with Crippen LogP contribution in [0.2, 0.25) is 0 Å². The highest BCUT2D eigenvalue weighted by atomic mass is 15.2. The van der Waals surface area contributed by atoms with Crippen molar-refractivity contribution in [2.45, 2.75) is 195 Å². The van der Waals surface area contributed by atoms with Gasteiger partial charge in [-0.3, -0.25) is 0 Å². The molecule has 3 rings (SSSR count). The van der Waals surface area contributed by atoms with Crippen LogP contribution in [0.5, 0.6) is 0 Å². The Labute approximate surface area is 297 Å². The summed E-state index contributed by atoms with van der Waals surface area (Å²) in [6.45, 7) is 11.4. The molecule has 0 aliphatic carbocycles. The van der Waals surface area contributed by atoms with Crippen molar-refractivity contribution in [1.29, 1.82) is 0 Å². The Morgan fingerprint density at radius 3 is 1.19 bits per heavy atom. The summed E-state index contributed by atoms with van der Waals surface area (Å²) in [5, 5.41) is 0. The van der Waals surface area contributed by atoms with Gasteiger partial charge in [-0.25, -0.2) is 4.70 Å². The average molecular weight is 653 g/mol. The molecule has 2 heteroatoms. The van der Waals surface area contributed by atoms with Crippen molar-refractivity contribution in [1.82, 2.24) is 0 Å². The van der Waals surface area contributed by atoms with Gasteiger partial charge in [0.1, 0.15) is 0 Å². The number of hydrogen-bond acceptors (Lipinski definition) is 0. The van der Waals surface area contributed by atoms with Crippen molar-refractivity contribution in [3.63, 3.8) is 0 Å². The van der Waals surface area contributed by atoms with E-state index >= 15 is 0 Å². The molecule has 0 N–H and O–H groups in total. The first kappa shape index (κ1) is 40.0. The molecule has 48 heavy (non-hydrogen) atoms. The zero-order valence-electron chi connectivity index (χ0n) is 32.1. The molecule has 2 nitrogen and oxygen atoms in total. The lowest BCUT2D eigenvalue weighted by molar-refractivity contribution is -0.344. The topological polar surface area (TPSA) is 25.3 Å². The van der Waals surface area contributed by atoms with E-state index in [0.29, 0.717) is 0 Å². The first-order valence-electron chi connectivity index (χ1n) is 20.7. The Bertz CT molecular complexity index is 1280. The minimum absolute atomic E-state index is 0.964. The molecule has 0 atom stereocenters. The molecule has 1 heterocycles. The molecule has 0 amide bonds. The van der Waals surface area contributed by atoms with Crippen molar-refractivity contribution < 1.29 is 4.70 Å². The zero-order chi connectivity index (χ0) is 34.4. The van der Waals surface area contributed by atoms with Gasteiger partial charge in [0.15, 0.2) is 0 Å². The molecule has 1 aliphatic rings. The van der Waals surface area contributed by atoms with Gasteiger partial charge in [-0.05, 0) is 111 Å². The van der Waals surface area contributed by atoms with Crippen LogP contribution in [0, 0.1) is 0 Å². The number of aryl methyl sites for hydroxylation is 4. The van der Waals surface area contributed by atoms with Gasteiger partial charge in [0.25, 0.3) is 0 Å². The van der Waals surface area contributed by atoms with E-state index in [-0.39, 0.29) is 0 Å². The predicted octanol–water partition coefficient (Wildman–Crippen LogP) is 14.9. The Hall–Kier alpha value is -2.48. The monoisotopic (exact) mass is 653 g/mol. The third-order valence-corrected chi connectivity index (χ3v) is 10.3. The second-order valence-corrected chi connectivity index (χ2v) is 14.8. The first-order valence-corrected chi connectivity index (χ1v) is 20.7. The van der Waals surface area contributed by atoms with Crippen LogP contribution in [-0.4, -0.2) is 4.70 Å². The molecule has 0 saturated heterocycles. The maximum Gasteiger partial charge on any atom is 0.210 e. The number of rotatable bonds is 27. The van der Waals surface area contributed by atoms with Crippen LogP contribution in [0.15, 0.2) is 48.0 Å². The Kier molecular flexibility index (Phi) is 19.8. The average Bonchev–Trinajstić information content (AvgIpc) is 3.42. The van der Waals surface area contributed by atoms with Gasteiger partial charge in [0.05, 0.1) is 0 Å². The normalized spacial score (nSPS) is 13.2. The lowest BCUT2D eigenvalue weighted by Crippen LogP contribution is -2.05. The molecule has 2 aromatic carbocycles. The molecule has 0 saturated carbocycles. The van der Waals surface area contributed by atoms with Gasteiger partial charge in [-0.15, -0.1) is 0 Å². The lowest BCUT2D eigenvalue weighted by Gasteiger charge is -2.15. The molecule has 0 bridgehead atoms. The second-order valence-electron chi connectivity index (χ2n) is 14.8. The van der Waals surface area contributed by atoms with Crippen LogP contribution < -0.4 is 0 Å². The second kappa shape index (κ2) is 23.8. The fourth-order valence-electron chi connectivity index (χ4n) is 7.39. The Morgan fingerprint density at radius 1 is 0.396 bits per heavy atom. The van der Waals surface area contributed by atoms with Gasteiger partial charge < -0.3 is 5.53 Å². The summed E-state index contributed by atoms with van der Waals surface area (Å²) in [5.74, 6) is 0. The van der Waals surface area contributed by atoms with Gasteiger partial charge in [-0.1, -0.05) is 143 Å². The van der Waals surface area contributed by atoms with E-state index < -0.39 is 0 Å². The Balaban J connectivity index is 1.92. The summed E-state index contributed by atoms with van der Waals surface area (Å²) in [7, 11) is 0. The summed E-state index contributed by atoms with van der Waals surface area (Å²) < 4.78 is 1.57. The highest BCUT2D eigenvalue weighted by Crippen LogP contribution is 2.39. The van der Waals surface area contributed by atoms with Gasteiger partial charge >= 0.3 is 0 Å². The van der Waals surface area contributed by atoms with Gasteiger partial charge in [-0.2, -0.15) is 0 Å². The molecule has 0 spiro atoms. The van der Waals surface area contributed by atoms with E-state index in [0.717, 1.165) is 56.3 Å². The van der Waals surface area contributed by atoms with Gasteiger partial charge in [0, 0.05) is 22.8 Å². The van der Waals surface area contributed by atoms with Crippen molar-refractivity contribution in [2.75, 3.05) is 0 Å². The van der Waals surface area contributed by atoms with Gasteiger partial charge in [0.2, 0.25) is 11.4 Å². The van der Waals surface area contributed by atoms with E-state index in [1.54, 1.807) is 4.70 Å². The zero-order valence-corrected chi connectivity index (χ0v) is 32.1. The van der Waals surface area contributed by atoms with Crippen LogP contribution in [0.4, 0.5) is 0 Å².